The first-order valence-corrected chi connectivity index (χ1v) is 8.74. The molecule has 0 saturated carbocycles. The molecule has 0 radical (unpaired) electrons. The number of hydrogen-bond acceptors (Lipinski definition) is 7. The van der Waals surface area contributed by atoms with Crippen LogP contribution in [-0.4, -0.2) is 44.2 Å². The van der Waals surface area contributed by atoms with Crippen LogP contribution in [0.2, 0.25) is 0 Å². The van der Waals surface area contributed by atoms with Gasteiger partial charge in [0.2, 0.25) is 5.76 Å². The zero-order chi connectivity index (χ0) is 17.9. The summed E-state index contributed by atoms with van der Waals surface area (Å²) in [5.74, 6) is 1.17. The summed E-state index contributed by atoms with van der Waals surface area (Å²) >= 11 is 0. The van der Waals surface area contributed by atoms with Crippen LogP contribution < -0.4 is 0 Å². The molecule has 8 heteroatoms. The fraction of sp³-hybridized carbons (Fsp3) is 0.389. The predicted molar refractivity (Wildman–Crippen MR) is 91.3 cm³/mol. The van der Waals surface area contributed by atoms with Crippen LogP contribution >= 0.6 is 0 Å². The van der Waals surface area contributed by atoms with Crippen LogP contribution in [0.15, 0.2) is 39.5 Å². The van der Waals surface area contributed by atoms with Crippen molar-refractivity contribution in [2.24, 2.45) is 0 Å². The lowest BCUT2D eigenvalue weighted by Gasteiger charge is -2.30. The highest BCUT2D eigenvalue weighted by molar-refractivity contribution is 5.91. The second-order valence-corrected chi connectivity index (χ2v) is 6.30. The highest BCUT2D eigenvalue weighted by Crippen LogP contribution is 2.27. The van der Waals surface area contributed by atoms with E-state index in [4.69, 9.17) is 9.05 Å². The summed E-state index contributed by atoms with van der Waals surface area (Å²) in [6.07, 6.45) is 4.20. The summed E-state index contributed by atoms with van der Waals surface area (Å²) in [5, 5.41) is 8.00. The number of hydrogen-bond donors (Lipinski definition) is 0. The number of carbonyl (C=O) groups is 1. The van der Waals surface area contributed by atoms with E-state index < -0.39 is 0 Å². The number of aromatic nitrogens is 4. The molecule has 1 aliphatic heterocycles. The molecule has 1 saturated heterocycles. The third kappa shape index (κ3) is 3.22. The number of likely N-dealkylation sites (tertiary alicyclic amines) is 1. The number of piperidine rings is 1. The van der Waals surface area contributed by atoms with Crippen LogP contribution in [0.5, 0.6) is 0 Å². The molecular formula is C18H19N5O3. The molecule has 3 aromatic heterocycles. The Labute approximate surface area is 150 Å². The molecule has 1 fully saturated rings. The second-order valence-electron chi connectivity index (χ2n) is 6.30. The smallest absolute Gasteiger partial charge is 0.292 e. The molecule has 0 aromatic carbocycles. The number of aryl methyl sites for hydroxylation is 1. The van der Waals surface area contributed by atoms with Crippen LogP contribution in [-0.2, 0) is 6.42 Å². The predicted octanol–water partition coefficient (Wildman–Crippen LogP) is 2.70. The van der Waals surface area contributed by atoms with Crippen molar-refractivity contribution in [3.8, 4) is 11.6 Å². The van der Waals surface area contributed by atoms with E-state index in [1.54, 1.807) is 17.2 Å². The van der Waals surface area contributed by atoms with Crippen molar-refractivity contribution in [1.82, 2.24) is 25.2 Å². The van der Waals surface area contributed by atoms with Gasteiger partial charge >= 0.3 is 0 Å². The fourth-order valence-corrected chi connectivity index (χ4v) is 3.10. The van der Waals surface area contributed by atoms with Gasteiger partial charge in [-0.2, -0.15) is 4.98 Å². The van der Waals surface area contributed by atoms with Gasteiger partial charge in [0.15, 0.2) is 5.82 Å². The average molecular weight is 353 g/mol. The Hall–Kier alpha value is -3.03. The molecule has 0 bridgehead atoms. The Morgan fingerprint density at radius 2 is 2.23 bits per heavy atom. The largest absolute Gasteiger partial charge is 0.351 e. The Bertz CT molecular complexity index is 889. The van der Waals surface area contributed by atoms with E-state index in [1.165, 1.54) is 0 Å². The lowest BCUT2D eigenvalue weighted by atomic mass is 9.97. The molecule has 4 rings (SSSR count). The number of amides is 1. The third-order valence-corrected chi connectivity index (χ3v) is 4.53. The standard InChI is InChI=1S/C18H19N5O3/c1-2-13-10-15(25-21-13)18(24)23-9-5-6-12(11-23)16-20-17(26-22-16)14-7-3-4-8-19-14/h3-4,7-8,10,12H,2,5-6,9,11H2,1H3/t12-/m0/s1. The Morgan fingerprint density at radius 1 is 1.31 bits per heavy atom. The molecule has 8 nitrogen and oxygen atoms in total. The Morgan fingerprint density at radius 3 is 3.00 bits per heavy atom. The first kappa shape index (κ1) is 16.4. The maximum absolute atomic E-state index is 12.7. The van der Waals surface area contributed by atoms with Crippen LogP contribution in [0, 0.1) is 0 Å². The molecular weight excluding hydrogens is 334 g/mol. The van der Waals surface area contributed by atoms with E-state index in [-0.39, 0.29) is 17.6 Å². The van der Waals surface area contributed by atoms with E-state index in [9.17, 15) is 4.79 Å². The Balaban J connectivity index is 1.48. The topological polar surface area (TPSA) is 98.2 Å². The van der Waals surface area contributed by atoms with Gasteiger partial charge in [0.05, 0.1) is 5.69 Å². The summed E-state index contributed by atoms with van der Waals surface area (Å²) < 4.78 is 10.5. The van der Waals surface area contributed by atoms with Gasteiger partial charge in [-0.15, -0.1) is 0 Å². The van der Waals surface area contributed by atoms with Crippen molar-refractivity contribution in [3.63, 3.8) is 0 Å². The van der Waals surface area contributed by atoms with Gasteiger partial charge in [-0.3, -0.25) is 9.78 Å². The van der Waals surface area contributed by atoms with E-state index >= 15 is 0 Å². The van der Waals surface area contributed by atoms with E-state index in [1.807, 2.05) is 25.1 Å². The van der Waals surface area contributed by atoms with Crippen molar-refractivity contribution < 1.29 is 13.8 Å². The third-order valence-electron chi connectivity index (χ3n) is 4.53. The van der Waals surface area contributed by atoms with Crippen molar-refractivity contribution in [2.45, 2.75) is 32.1 Å². The minimum absolute atomic E-state index is 0.0301. The SMILES string of the molecule is CCc1cc(C(=O)N2CCC[C@H](c3noc(-c4ccccn4)n3)C2)on1. The van der Waals surface area contributed by atoms with Gasteiger partial charge in [-0.1, -0.05) is 23.3 Å². The van der Waals surface area contributed by atoms with Gasteiger partial charge in [-0.05, 0) is 31.4 Å². The minimum atomic E-state index is -0.143. The van der Waals surface area contributed by atoms with Crippen molar-refractivity contribution in [1.29, 1.82) is 0 Å². The summed E-state index contributed by atoms with van der Waals surface area (Å²) in [6, 6.07) is 7.23. The van der Waals surface area contributed by atoms with Crippen molar-refractivity contribution in [3.05, 3.63) is 47.7 Å². The van der Waals surface area contributed by atoms with Crippen LogP contribution in [0.25, 0.3) is 11.6 Å². The molecule has 0 aliphatic carbocycles. The van der Waals surface area contributed by atoms with E-state index in [0.29, 0.717) is 30.5 Å². The first-order chi connectivity index (χ1) is 12.7. The van der Waals surface area contributed by atoms with Crippen LogP contribution in [0.4, 0.5) is 0 Å². The highest BCUT2D eigenvalue weighted by Gasteiger charge is 2.30. The monoisotopic (exact) mass is 353 g/mol. The average Bonchev–Trinajstić information content (AvgIpc) is 3.38. The lowest BCUT2D eigenvalue weighted by Crippen LogP contribution is -2.39. The van der Waals surface area contributed by atoms with Gasteiger partial charge in [-0.25, -0.2) is 0 Å². The molecule has 3 aromatic rings. The van der Waals surface area contributed by atoms with Crippen LogP contribution in [0.1, 0.15) is 47.8 Å². The number of pyridine rings is 1. The van der Waals surface area contributed by atoms with E-state index in [0.717, 1.165) is 25.0 Å². The number of nitrogens with zero attached hydrogens (tertiary/aromatic N) is 5. The fourth-order valence-electron chi connectivity index (χ4n) is 3.10. The van der Waals surface area contributed by atoms with Crippen molar-refractivity contribution >= 4 is 5.91 Å². The molecule has 134 valence electrons. The van der Waals surface area contributed by atoms with Gasteiger partial charge in [0, 0.05) is 31.3 Å². The molecule has 0 unspecified atom stereocenters. The minimum Gasteiger partial charge on any atom is -0.351 e. The number of carbonyl (C=O) groups excluding carboxylic acids is 1. The maximum Gasteiger partial charge on any atom is 0.292 e. The normalized spacial score (nSPS) is 17.4. The summed E-state index contributed by atoms with van der Waals surface area (Å²) in [6.45, 7) is 3.18. The van der Waals surface area contributed by atoms with Crippen LogP contribution in [0.3, 0.4) is 0 Å². The van der Waals surface area contributed by atoms with Gasteiger partial charge < -0.3 is 13.9 Å². The zero-order valence-electron chi connectivity index (χ0n) is 14.5. The molecule has 26 heavy (non-hydrogen) atoms. The summed E-state index contributed by atoms with van der Waals surface area (Å²) in [5.41, 5.74) is 1.42. The second kappa shape index (κ2) is 7.07. The quantitative estimate of drug-likeness (QED) is 0.711. The summed E-state index contributed by atoms with van der Waals surface area (Å²) in [7, 11) is 0. The van der Waals surface area contributed by atoms with Crippen molar-refractivity contribution in [2.75, 3.05) is 13.1 Å². The molecule has 1 atom stereocenters. The Kier molecular flexibility index (Phi) is 4.47. The lowest BCUT2D eigenvalue weighted by molar-refractivity contribution is 0.0661. The molecule has 0 N–H and O–H groups in total. The van der Waals surface area contributed by atoms with Gasteiger partial charge in [0.25, 0.3) is 11.8 Å². The molecule has 0 spiro atoms. The molecule has 1 amide bonds. The van der Waals surface area contributed by atoms with Gasteiger partial charge in [0.1, 0.15) is 5.69 Å². The summed E-state index contributed by atoms with van der Waals surface area (Å²) in [4.78, 5) is 23.1. The first-order valence-electron chi connectivity index (χ1n) is 8.74. The highest BCUT2D eigenvalue weighted by atomic mass is 16.5. The maximum atomic E-state index is 12.7. The van der Waals surface area contributed by atoms with E-state index in [2.05, 4.69) is 20.3 Å². The zero-order valence-corrected chi connectivity index (χ0v) is 14.5. The molecule has 1 aliphatic rings. The number of rotatable bonds is 4. The molecule has 4 heterocycles.